The zero-order valence-electron chi connectivity index (χ0n) is 14.1. The maximum Gasteiger partial charge on any atom is 0.337 e. The summed E-state index contributed by atoms with van der Waals surface area (Å²) in [5.74, 6) is -0.416. The summed E-state index contributed by atoms with van der Waals surface area (Å²) in [6, 6.07) is 12.0. The van der Waals surface area contributed by atoms with Gasteiger partial charge in [0.05, 0.1) is 17.6 Å². The Morgan fingerprint density at radius 3 is 2.40 bits per heavy atom. The van der Waals surface area contributed by atoms with Crippen LogP contribution in [-0.4, -0.2) is 21.5 Å². The highest BCUT2D eigenvalue weighted by atomic mass is 32.2. The van der Waals surface area contributed by atoms with Gasteiger partial charge in [-0.2, -0.15) is 0 Å². The van der Waals surface area contributed by atoms with E-state index in [1.807, 2.05) is 6.07 Å². The average molecular weight is 359 g/mol. The maximum atomic E-state index is 12.5. The van der Waals surface area contributed by atoms with E-state index in [1.54, 1.807) is 36.4 Å². The number of ether oxygens (including phenoxy) is 1. The minimum atomic E-state index is -3.56. The van der Waals surface area contributed by atoms with Crippen molar-refractivity contribution in [2.24, 2.45) is 0 Å². The van der Waals surface area contributed by atoms with Crippen molar-refractivity contribution < 1.29 is 17.9 Å². The van der Waals surface area contributed by atoms with Gasteiger partial charge in [0.2, 0.25) is 10.0 Å². The summed E-state index contributed by atoms with van der Waals surface area (Å²) < 4.78 is 32.3. The summed E-state index contributed by atoms with van der Waals surface area (Å²) in [6.45, 7) is 0.168. The fourth-order valence-corrected chi connectivity index (χ4v) is 4.08. The lowest BCUT2D eigenvalue weighted by Gasteiger charge is -2.16. The monoisotopic (exact) mass is 359 g/mol. The minimum absolute atomic E-state index is 0.168. The lowest BCUT2D eigenvalue weighted by molar-refractivity contribution is 0.0600. The lowest BCUT2D eigenvalue weighted by Crippen LogP contribution is -2.23. The topological polar surface area (TPSA) is 72.5 Å². The molecule has 132 valence electrons. The molecule has 0 atom stereocenters. The van der Waals surface area contributed by atoms with Crippen LogP contribution in [0.3, 0.4) is 0 Å². The number of fused-ring (bicyclic) bond motifs is 1. The number of aryl methyl sites for hydroxylation is 2. The van der Waals surface area contributed by atoms with Crippen LogP contribution < -0.4 is 4.72 Å². The van der Waals surface area contributed by atoms with E-state index >= 15 is 0 Å². The molecule has 6 heteroatoms. The van der Waals surface area contributed by atoms with Crippen LogP contribution in [0.1, 0.15) is 39.9 Å². The summed E-state index contributed by atoms with van der Waals surface area (Å²) in [5.41, 5.74) is 3.60. The third-order valence-electron chi connectivity index (χ3n) is 4.47. The molecule has 0 unspecified atom stereocenters. The van der Waals surface area contributed by atoms with Crippen LogP contribution in [-0.2, 0) is 34.1 Å². The molecule has 1 aliphatic rings. The summed E-state index contributed by atoms with van der Waals surface area (Å²) >= 11 is 0. The molecule has 0 saturated carbocycles. The SMILES string of the molecule is COC(=O)c1ccc(CNS(=O)(=O)c2ccc3c(c2)CCCC3)cc1. The van der Waals surface area contributed by atoms with Crippen LogP contribution in [0, 0.1) is 0 Å². The normalized spacial score (nSPS) is 14.0. The van der Waals surface area contributed by atoms with Gasteiger partial charge in [0, 0.05) is 6.54 Å². The molecule has 0 aromatic heterocycles. The molecule has 0 spiro atoms. The molecular weight excluding hydrogens is 338 g/mol. The molecule has 0 saturated heterocycles. The largest absolute Gasteiger partial charge is 0.465 e. The number of esters is 1. The van der Waals surface area contributed by atoms with Gasteiger partial charge >= 0.3 is 5.97 Å². The Morgan fingerprint density at radius 1 is 1.04 bits per heavy atom. The Bertz CT molecular complexity index is 873. The Labute approximate surface area is 148 Å². The molecule has 25 heavy (non-hydrogen) atoms. The first-order chi connectivity index (χ1) is 12.0. The van der Waals surface area contributed by atoms with E-state index in [1.165, 1.54) is 19.1 Å². The standard InChI is InChI=1S/C19H21NO4S/c1-24-19(21)16-8-6-14(7-9-16)13-20-25(22,23)18-11-10-15-4-2-3-5-17(15)12-18/h6-12,20H,2-5,13H2,1H3. The lowest BCUT2D eigenvalue weighted by atomic mass is 9.92. The van der Waals surface area contributed by atoms with E-state index in [0.29, 0.717) is 10.5 Å². The van der Waals surface area contributed by atoms with E-state index in [0.717, 1.165) is 30.4 Å². The smallest absolute Gasteiger partial charge is 0.337 e. The zero-order valence-corrected chi connectivity index (χ0v) is 14.9. The van der Waals surface area contributed by atoms with Crippen molar-refractivity contribution >= 4 is 16.0 Å². The quantitative estimate of drug-likeness (QED) is 0.833. The van der Waals surface area contributed by atoms with Gasteiger partial charge in [-0.25, -0.2) is 17.9 Å². The van der Waals surface area contributed by atoms with Gasteiger partial charge in [-0.3, -0.25) is 0 Å². The van der Waals surface area contributed by atoms with Crippen molar-refractivity contribution in [3.8, 4) is 0 Å². The number of carbonyl (C=O) groups is 1. The summed E-state index contributed by atoms with van der Waals surface area (Å²) in [7, 11) is -2.24. The third-order valence-corrected chi connectivity index (χ3v) is 5.87. The van der Waals surface area contributed by atoms with Crippen LogP contribution >= 0.6 is 0 Å². The molecule has 0 radical (unpaired) electrons. The van der Waals surface area contributed by atoms with E-state index in [9.17, 15) is 13.2 Å². The molecule has 2 aromatic rings. The summed E-state index contributed by atoms with van der Waals surface area (Å²) in [6.07, 6.45) is 4.23. The van der Waals surface area contributed by atoms with E-state index < -0.39 is 16.0 Å². The Hall–Kier alpha value is -2.18. The molecule has 0 fully saturated rings. The molecule has 0 bridgehead atoms. The van der Waals surface area contributed by atoms with Gasteiger partial charge in [-0.1, -0.05) is 18.2 Å². The average Bonchev–Trinajstić information content (AvgIpc) is 2.66. The van der Waals surface area contributed by atoms with Crippen LogP contribution in [0.2, 0.25) is 0 Å². The van der Waals surface area contributed by atoms with Gasteiger partial charge in [0.1, 0.15) is 0 Å². The van der Waals surface area contributed by atoms with Gasteiger partial charge < -0.3 is 4.74 Å². The van der Waals surface area contributed by atoms with Crippen molar-refractivity contribution in [3.05, 3.63) is 64.7 Å². The molecule has 0 amide bonds. The van der Waals surface area contributed by atoms with Gasteiger partial charge in [-0.15, -0.1) is 0 Å². The van der Waals surface area contributed by atoms with Gasteiger partial charge in [-0.05, 0) is 66.6 Å². The van der Waals surface area contributed by atoms with Crippen molar-refractivity contribution in [2.75, 3.05) is 7.11 Å². The Balaban J connectivity index is 1.70. The van der Waals surface area contributed by atoms with Crippen molar-refractivity contribution in [2.45, 2.75) is 37.1 Å². The van der Waals surface area contributed by atoms with Crippen LogP contribution in [0.25, 0.3) is 0 Å². The van der Waals surface area contributed by atoms with E-state index in [-0.39, 0.29) is 6.54 Å². The second kappa shape index (κ2) is 7.37. The molecule has 3 rings (SSSR count). The second-order valence-electron chi connectivity index (χ2n) is 6.15. The third kappa shape index (κ3) is 4.08. The number of hydrogen-bond donors (Lipinski definition) is 1. The first-order valence-corrected chi connectivity index (χ1v) is 9.76. The molecule has 2 aromatic carbocycles. The first kappa shape index (κ1) is 17.6. The minimum Gasteiger partial charge on any atom is -0.465 e. The Morgan fingerprint density at radius 2 is 1.72 bits per heavy atom. The number of hydrogen-bond acceptors (Lipinski definition) is 4. The van der Waals surface area contributed by atoms with Crippen molar-refractivity contribution in [1.82, 2.24) is 4.72 Å². The van der Waals surface area contributed by atoms with Crippen LogP contribution in [0.4, 0.5) is 0 Å². The number of rotatable bonds is 5. The molecule has 0 aliphatic heterocycles. The van der Waals surface area contributed by atoms with Crippen molar-refractivity contribution in [1.29, 1.82) is 0 Å². The molecule has 1 aliphatic carbocycles. The number of carbonyl (C=O) groups excluding carboxylic acids is 1. The van der Waals surface area contributed by atoms with Crippen LogP contribution in [0.15, 0.2) is 47.4 Å². The molecule has 1 N–H and O–H groups in total. The molecule has 5 nitrogen and oxygen atoms in total. The Kier molecular flexibility index (Phi) is 5.20. The highest BCUT2D eigenvalue weighted by Gasteiger charge is 2.17. The van der Waals surface area contributed by atoms with E-state index in [2.05, 4.69) is 9.46 Å². The summed E-state index contributed by atoms with van der Waals surface area (Å²) in [4.78, 5) is 11.7. The van der Waals surface area contributed by atoms with Gasteiger partial charge in [0.15, 0.2) is 0 Å². The second-order valence-corrected chi connectivity index (χ2v) is 7.92. The number of methoxy groups -OCH3 is 1. The fourth-order valence-electron chi connectivity index (χ4n) is 3.02. The first-order valence-electron chi connectivity index (χ1n) is 8.28. The van der Waals surface area contributed by atoms with Crippen LogP contribution in [0.5, 0.6) is 0 Å². The van der Waals surface area contributed by atoms with Gasteiger partial charge in [0.25, 0.3) is 0 Å². The number of nitrogens with one attached hydrogen (secondary N) is 1. The highest BCUT2D eigenvalue weighted by Crippen LogP contribution is 2.24. The molecule has 0 heterocycles. The zero-order chi connectivity index (χ0) is 17.9. The number of sulfonamides is 1. The predicted molar refractivity (Wildman–Crippen MR) is 94.9 cm³/mol. The fraction of sp³-hybridized carbons (Fsp3) is 0.316. The summed E-state index contributed by atoms with van der Waals surface area (Å²) in [5, 5.41) is 0. The predicted octanol–water partition coefficient (Wildman–Crippen LogP) is 2.83. The molecular formula is C19H21NO4S. The number of benzene rings is 2. The highest BCUT2D eigenvalue weighted by molar-refractivity contribution is 7.89. The maximum absolute atomic E-state index is 12.5. The van der Waals surface area contributed by atoms with E-state index in [4.69, 9.17) is 0 Å². The van der Waals surface area contributed by atoms with Crippen molar-refractivity contribution in [3.63, 3.8) is 0 Å².